The Morgan fingerprint density at radius 1 is 0.972 bits per heavy atom. The van der Waals surface area contributed by atoms with Crippen molar-refractivity contribution in [2.45, 2.75) is 13.2 Å². The molecule has 0 saturated carbocycles. The van der Waals surface area contributed by atoms with Crippen LogP contribution in [0.2, 0.25) is 15.1 Å². The van der Waals surface area contributed by atoms with E-state index in [0.717, 1.165) is 11.1 Å². The molecule has 0 fully saturated rings. The summed E-state index contributed by atoms with van der Waals surface area (Å²) in [7, 11) is 1.56. The van der Waals surface area contributed by atoms with Crippen LogP contribution in [0.4, 0.5) is 0 Å². The van der Waals surface area contributed by atoms with E-state index in [-0.39, 0.29) is 12.3 Å². The fourth-order valence-electron chi connectivity index (χ4n) is 3.25. The lowest BCUT2D eigenvalue weighted by Gasteiger charge is -2.12. The molecule has 10 heteroatoms. The molecule has 0 spiro atoms. The minimum atomic E-state index is -0.425. The van der Waals surface area contributed by atoms with E-state index in [1.54, 1.807) is 54.4 Å². The molecule has 36 heavy (non-hydrogen) atoms. The average molecular weight is 544 g/mol. The fourth-order valence-corrected chi connectivity index (χ4v) is 3.69. The van der Waals surface area contributed by atoms with Gasteiger partial charge in [-0.1, -0.05) is 53.0 Å². The summed E-state index contributed by atoms with van der Waals surface area (Å²) in [5, 5.41) is 9.94. The first-order valence-corrected chi connectivity index (χ1v) is 11.9. The van der Waals surface area contributed by atoms with Gasteiger partial charge in [0.25, 0.3) is 5.91 Å². The fraction of sp³-hybridized carbons (Fsp3) is 0.115. The number of aromatic nitrogens is 2. The maximum absolute atomic E-state index is 12.4. The van der Waals surface area contributed by atoms with Gasteiger partial charge in [-0.3, -0.25) is 9.48 Å². The van der Waals surface area contributed by atoms with E-state index < -0.39 is 5.91 Å². The lowest BCUT2D eigenvalue weighted by atomic mass is 10.2. The van der Waals surface area contributed by atoms with Gasteiger partial charge in [0, 0.05) is 11.2 Å². The molecule has 0 bridgehead atoms. The highest BCUT2D eigenvalue weighted by atomic mass is 35.5. The molecular formula is C26H21Cl3N4O3. The summed E-state index contributed by atoms with van der Waals surface area (Å²) in [4.78, 5) is 12.4. The normalized spacial score (nSPS) is 11.0. The van der Waals surface area contributed by atoms with Gasteiger partial charge in [-0.15, -0.1) is 0 Å². The van der Waals surface area contributed by atoms with Crippen molar-refractivity contribution in [3.05, 3.63) is 110 Å². The first kappa shape index (κ1) is 25.6. The summed E-state index contributed by atoms with van der Waals surface area (Å²) >= 11 is 18.0. The second kappa shape index (κ2) is 11.9. The molecule has 0 saturated heterocycles. The third kappa shape index (κ3) is 6.79. The SMILES string of the molecule is COc1ccc(/C=N\NC(=O)c2ccn(Cc3ccc(Cl)cc3)n2)cc1OCc1ccc(Cl)c(Cl)c1. The third-order valence-corrected chi connectivity index (χ3v) is 6.07. The Hall–Kier alpha value is -3.52. The number of benzene rings is 3. The van der Waals surface area contributed by atoms with Gasteiger partial charge in [-0.2, -0.15) is 10.2 Å². The zero-order valence-electron chi connectivity index (χ0n) is 19.1. The van der Waals surface area contributed by atoms with Gasteiger partial charge in [-0.25, -0.2) is 5.43 Å². The number of nitrogens with one attached hydrogen (secondary N) is 1. The van der Waals surface area contributed by atoms with Crippen molar-refractivity contribution in [2.24, 2.45) is 5.10 Å². The summed E-state index contributed by atoms with van der Waals surface area (Å²) < 4.78 is 13.0. The number of carbonyl (C=O) groups is 1. The molecule has 1 amide bonds. The molecular weight excluding hydrogens is 523 g/mol. The largest absolute Gasteiger partial charge is 0.493 e. The quantitative estimate of drug-likeness (QED) is 0.200. The molecule has 3 aromatic carbocycles. The summed E-state index contributed by atoms with van der Waals surface area (Å²) in [6.45, 7) is 0.786. The predicted octanol–water partition coefficient (Wildman–Crippen LogP) is 6.24. The number of hydrogen-bond acceptors (Lipinski definition) is 5. The van der Waals surface area contributed by atoms with E-state index in [4.69, 9.17) is 44.3 Å². The summed E-state index contributed by atoms with van der Waals surface area (Å²) in [6.07, 6.45) is 3.24. The lowest BCUT2D eigenvalue weighted by Crippen LogP contribution is -2.18. The van der Waals surface area contributed by atoms with Gasteiger partial charge in [0.15, 0.2) is 17.2 Å². The number of hydrazone groups is 1. The van der Waals surface area contributed by atoms with Crippen molar-refractivity contribution in [2.75, 3.05) is 7.11 Å². The average Bonchev–Trinajstić information content (AvgIpc) is 3.35. The molecule has 1 heterocycles. The molecule has 0 unspecified atom stereocenters. The maximum Gasteiger partial charge on any atom is 0.291 e. The molecule has 7 nitrogen and oxygen atoms in total. The first-order chi connectivity index (χ1) is 17.4. The number of rotatable bonds is 9. The Balaban J connectivity index is 1.36. The second-order valence-corrected chi connectivity index (χ2v) is 8.92. The van der Waals surface area contributed by atoms with Crippen LogP contribution in [0.1, 0.15) is 27.2 Å². The molecule has 184 valence electrons. The Kier molecular flexibility index (Phi) is 8.48. The van der Waals surface area contributed by atoms with Crippen LogP contribution < -0.4 is 14.9 Å². The second-order valence-electron chi connectivity index (χ2n) is 7.67. The number of methoxy groups -OCH3 is 1. The highest BCUT2D eigenvalue weighted by molar-refractivity contribution is 6.42. The van der Waals surface area contributed by atoms with Crippen LogP contribution in [0.15, 0.2) is 78.0 Å². The van der Waals surface area contributed by atoms with Crippen molar-refractivity contribution in [1.82, 2.24) is 15.2 Å². The minimum absolute atomic E-state index is 0.251. The first-order valence-electron chi connectivity index (χ1n) is 10.8. The number of hydrogen-bond donors (Lipinski definition) is 1. The van der Waals surface area contributed by atoms with Crippen molar-refractivity contribution < 1.29 is 14.3 Å². The minimum Gasteiger partial charge on any atom is -0.493 e. The molecule has 0 radical (unpaired) electrons. The van der Waals surface area contributed by atoms with Crippen molar-refractivity contribution >= 4 is 46.9 Å². The molecule has 0 aliphatic carbocycles. The van der Waals surface area contributed by atoms with E-state index in [9.17, 15) is 4.79 Å². The molecule has 4 rings (SSSR count). The van der Waals surface area contributed by atoms with Crippen LogP contribution in [0.25, 0.3) is 0 Å². The van der Waals surface area contributed by atoms with E-state index in [1.807, 2.05) is 30.3 Å². The van der Waals surface area contributed by atoms with Crippen LogP contribution in [0, 0.1) is 0 Å². The zero-order valence-corrected chi connectivity index (χ0v) is 21.4. The van der Waals surface area contributed by atoms with E-state index in [1.165, 1.54) is 6.21 Å². The van der Waals surface area contributed by atoms with Gasteiger partial charge in [0.05, 0.1) is 29.9 Å². The predicted molar refractivity (Wildman–Crippen MR) is 142 cm³/mol. The monoisotopic (exact) mass is 542 g/mol. The van der Waals surface area contributed by atoms with E-state index in [2.05, 4.69) is 15.6 Å². The molecule has 1 aromatic heterocycles. The van der Waals surface area contributed by atoms with Crippen molar-refractivity contribution in [3.8, 4) is 11.5 Å². The Labute approximate surface area is 223 Å². The number of halogens is 3. The van der Waals surface area contributed by atoms with Crippen LogP contribution in [-0.2, 0) is 13.2 Å². The maximum atomic E-state index is 12.4. The zero-order chi connectivity index (χ0) is 25.5. The highest BCUT2D eigenvalue weighted by Crippen LogP contribution is 2.29. The van der Waals surface area contributed by atoms with Gasteiger partial charge < -0.3 is 9.47 Å². The molecule has 1 N–H and O–H groups in total. The molecule has 0 aliphatic heterocycles. The Morgan fingerprint density at radius 2 is 1.75 bits per heavy atom. The summed E-state index contributed by atoms with van der Waals surface area (Å²) in [5.41, 5.74) is 5.31. The summed E-state index contributed by atoms with van der Waals surface area (Å²) in [5.74, 6) is 0.646. The van der Waals surface area contributed by atoms with Gasteiger partial charge in [0.2, 0.25) is 0 Å². The molecule has 4 aromatic rings. The number of nitrogens with zero attached hydrogens (tertiary/aromatic N) is 3. The Morgan fingerprint density at radius 3 is 2.50 bits per heavy atom. The standard InChI is InChI=1S/C26H21Cl3N4O3/c1-35-24-9-5-18(13-25(24)36-16-19-4-8-21(28)22(29)12-19)14-30-31-26(34)23-10-11-33(32-23)15-17-2-6-20(27)7-3-17/h2-14H,15-16H2,1H3,(H,31,34)/b30-14-. The topological polar surface area (TPSA) is 77.7 Å². The van der Waals surface area contributed by atoms with Crippen LogP contribution in [-0.4, -0.2) is 29.0 Å². The van der Waals surface area contributed by atoms with Gasteiger partial charge >= 0.3 is 0 Å². The van der Waals surface area contributed by atoms with Gasteiger partial charge in [0.1, 0.15) is 6.61 Å². The lowest BCUT2D eigenvalue weighted by molar-refractivity contribution is 0.0949. The number of ether oxygens (including phenoxy) is 2. The van der Waals surface area contributed by atoms with Crippen LogP contribution >= 0.6 is 34.8 Å². The smallest absolute Gasteiger partial charge is 0.291 e. The third-order valence-electron chi connectivity index (χ3n) is 5.08. The van der Waals surface area contributed by atoms with Crippen molar-refractivity contribution in [3.63, 3.8) is 0 Å². The number of carbonyl (C=O) groups excluding carboxylic acids is 1. The highest BCUT2D eigenvalue weighted by Gasteiger charge is 2.10. The van der Waals surface area contributed by atoms with Crippen LogP contribution in [0.3, 0.4) is 0 Å². The summed E-state index contributed by atoms with van der Waals surface area (Å²) in [6, 6.07) is 19.7. The Bertz CT molecular complexity index is 1390. The van der Waals surface area contributed by atoms with E-state index in [0.29, 0.717) is 38.7 Å². The number of amides is 1. The van der Waals surface area contributed by atoms with E-state index >= 15 is 0 Å². The molecule has 0 aliphatic rings. The van der Waals surface area contributed by atoms with Crippen LogP contribution in [0.5, 0.6) is 11.5 Å². The van der Waals surface area contributed by atoms with Gasteiger partial charge in [-0.05, 0) is 65.2 Å². The van der Waals surface area contributed by atoms with Crippen molar-refractivity contribution in [1.29, 1.82) is 0 Å². The molecule has 0 atom stereocenters.